The van der Waals surface area contributed by atoms with Crippen LogP contribution in [0.15, 0.2) is 48.7 Å². The van der Waals surface area contributed by atoms with Gasteiger partial charge in [0.05, 0.1) is 5.35 Å². The van der Waals surface area contributed by atoms with Gasteiger partial charge in [-0.2, -0.15) is 0 Å². The zero-order valence-electron chi connectivity index (χ0n) is 12.2. The van der Waals surface area contributed by atoms with Crippen LogP contribution in [0.4, 0.5) is 0 Å². The van der Waals surface area contributed by atoms with Crippen molar-refractivity contribution in [2.24, 2.45) is 5.92 Å². The van der Waals surface area contributed by atoms with Gasteiger partial charge in [-0.05, 0) is 42.9 Å². The van der Waals surface area contributed by atoms with Crippen molar-refractivity contribution in [2.75, 3.05) is 0 Å². The molecule has 0 fully saturated rings. The molecule has 0 aromatic carbocycles. The molecule has 0 amide bonds. The van der Waals surface area contributed by atoms with Crippen molar-refractivity contribution in [3.8, 4) is 0 Å². The molecule has 3 rings (SSSR count). The normalized spacial score (nSPS) is 21.4. The van der Waals surface area contributed by atoms with Crippen LogP contribution in [0, 0.1) is 5.92 Å². The standard InChI is InChI=1S/C18H19N3/c1-14-5-6-18-17(12-20-13-21-18)4-2-3-16(14)11-15-7-9-19-10-8-15/h3-4,6-10,12-14H,2,5,11H2,1H3/b16-3?,17-4-,18-6-. The van der Waals surface area contributed by atoms with E-state index in [0.717, 1.165) is 29.8 Å². The van der Waals surface area contributed by atoms with E-state index in [0.29, 0.717) is 5.92 Å². The van der Waals surface area contributed by atoms with Crippen LogP contribution in [0.2, 0.25) is 0 Å². The first kappa shape index (κ1) is 13.7. The molecule has 0 spiro atoms. The molecule has 2 aromatic rings. The zero-order chi connectivity index (χ0) is 14.5. The molecule has 21 heavy (non-hydrogen) atoms. The van der Waals surface area contributed by atoms with Gasteiger partial charge in [-0.15, -0.1) is 0 Å². The maximum atomic E-state index is 4.38. The number of nitrogens with zero attached hydrogens (tertiary/aromatic N) is 3. The predicted molar refractivity (Wildman–Crippen MR) is 84.6 cm³/mol. The summed E-state index contributed by atoms with van der Waals surface area (Å²) in [5.74, 6) is 0.521. The Morgan fingerprint density at radius 2 is 1.95 bits per heavy atom. The van der Waals surface area contributed by atoms with Crippen LogP contribution in [-0.2, 0) is 6.42 Å². The van der Waals surface area contributed by atoms with Gasteiger partial charge >= 0.3 is 0 Å². The fraction of sp³-hybridized carbons (Fsp3) is 0.278. The fourth-order valence-electron chi connectivity index (χ4n) is 2.64. The van der Waals surface area contributed by atoms with Gasteiger partial charge in [0.1, 0.15) is 6.33 Å². The first-order valence-electron chi connectivity index (χ1n) is 7.37. The van der Waals surface area contributed by atoms with Crippen molar-refractivity contribution in [3.05, 3.63) is 64.8 Å². The Labute approximate surface area is 124 Å². The summed E-state index contributed by atoms with van der Waals surface area (Å²) in [6.45, 7) is 2.29. The Morgan fingerprint density at radius 3 is 2.81 bits per heavy atom. The van der Waals surface area contributed by atoms with Gasteiger partial charge in [0.25, 0.3) is 0 Å². The molecule has 2 heterocycles. The van der Waals surface area contributed by atoms with Crippen LogP contribution in [0.3, 0.4) is 0 Å². The lowest BCUT2D eigenvalue weighted by atomic mass is 9.91. The second-order valence-electron chi connectivity index (χ2n) is 5.46. The van der Waals surface area contributed by atoms with Crippen molar-refractivity contribution in [3.63, 3.8) is 0 Å². The third-order valence-electron chi connectivity index (χ3n) is 3.95. The first-order valence-corrected chi connectivity index (χ1v) is 7.37. The number of pyridine rings is 1. The molecule has 0 radical (unpaired) electrons. The van der Waals surface area contributed by atoms with Crippen LogP contribution >= 0.6 is 0 Å². The third kappa shape index (κ3) is 3.43. The molecule has 1 aliphatic rings. The Hall–Kier alpha value is -2.29. The number of allylic oxidation sites excluding steroid dienone is 2. The molecule has 106 valence electrons. The van der Waals surface area contributed by atoms with E-state index in [9.17, 15) is 0 Å². The third-order valence-corrected chi connectivity index (χ3v) is 3.95. The highest BCUT2D eigenvalue weighted by Crippen LogP contribution is 2.21. The van der Waals surface area contributed by atoms with E-state index in [-0.39, 0.29) is 0 Å². The molecule has 0 saturated heterocycles. The molecule has 1 aliphatic carbocycles. The summed E-state index contributed by atoms with van der Waals surface area (Å²) in [5.41, 5.74) is 2.80. The fourth-order valence-corrected chi connectivity index (χ4v) is 2.64. The minimum Gasteiger partial charge on any atom is -0.265 e. The van der Waals surface area contributed by atoms with Gasteiger partial charge in [-0.3, -0.25) is 4.98 Å². The van der Waals surface area contributed by atoms with Crippen molar-refractivity contribution >= 4 is 12.2 Å². The average molecular weight is 277 g/mol. The Bertz CT molecular complexity index is 748. The highest BCUT2D eigenvalue weighted by Gasteiger charge is 2.09. The maximum absolute atomic E-state index is 4.38. The summed E-state index contributed by atoms with van der Waals surface area (Å²) < 4.78 is 0. The van der Waals surface area contributed by atoms with Crippen LogP contribution in [0.1, 0.15) is 25.3 Å². The first-order chi connectivity index (χ1) is 10.3. The molecule has 0 bridgehead atoms. The average Bonchev–Trinajstić information content (AvgIpc) is 2.60. The Morgan fingerprint density at radius 1 is 1.10 bits per heavy atom. The van der Waals surface area contributed by atoms with Gasteiger partial charge in [0.15, 0.2) is 0 Å². The molecule has 3 heteroatoms. The minimum absolute atomic E-state index is 0.521. The molecule has 2 aromatic heterocycles. The number of fused-ring (bicyclic) bond motifs is 1. The number of hydrogen-bond donors (Lipinski definition) is 0. The lowest BCUT2D eigenvalue weighted by Gasteiger charge is -2.14. The van der Waals surface area contributed by atoms with E-state index in [1.54, 1.807) is 6.33 Å². The van der Waals surface area contributed by atoms with Crippen molar-refractivity contribution in [2.45, 2.75) is 26.2 Å². The maximum Gasteiger partial charge on any atom is 0.116 e. The monoisotopic (exact) mass is 277 g/mol. The largest absolute Gasteiger partial charge is 0.265 e. The lowest BCUT2D eigenvalue weighted by Crippen LogP contribution is -2.28. The number of rotatable bonds is 2. The summed E-state index contributed by atoms with van der Waals surface area (Å²) in [5, 5.41) is 2.18. The smallest absolute Gasteiger partial charge is 0.116 e. The topological polar surface area (TPSA) is 38.7 Å². The van der Waals surface area contributed by atoms with Crippen LogP contribution in [0.5, 0.6) is 0 Å². The number of aromatic nitrogens is 3. The van der Waals surface area contributed by atoms with E-state index in [2.05, 4.69) is 52.2 Å². The second-order valence-corrected chi connectivity index (χ2v) is 5.46. The quantitative estimate of drug-likeness (QED) is 0.788. The lowest BCUT2D eigenvalue weighted by molar-refractivity contribution is 0.687. The van der Waals surface area contributed by atoms with Crippen molar-refractivity contribution in [1.29, 1.82) is 0 Å². The summed E-state index contributed by atoms with van der Waals surface area (Å²) in [6, 6.07) is 4.18. The van der Waals surface area contributed by atoms with Gasteiger partial charge in [0, 0.05) is 23.8 Å². The summed E-state index contributed by atoms with van der Waals surface area (Å²) in [7, 11) is 0. The SMILES string of the molecule is CC1C/C=c2\ncnc\c2=C\CC=C1Cc1ccncc1. The number of hydrogen-bond acceptors (Lipinski definition) is 3. The van der Waals surface area contributed by atoms with Crippen LogP contribution in [-0.4, -0.2) is 15.0 Å². The Kier molecular flexibility index (Phi) is 4.20. The summed E-state index contributed by atoms with van der Waals surface area (Å²) in [4.78, 5) is 12.6. The van der Waals surface area contributed by atoms with Gasteiger partial charge in [0.2, 0.25) is 0 Å². The molecule has 3 nitrogen and oxygen atoms in total. The van der Waals surface area contributed by atoms with E-state index in [1.807, 2.05) is 18.6 Å². The highest BCUT2D eigenvalue weighted by atomic mass is 14.8. The van der Waals surface area contributed by atoms with E-state index >= 15 is 0 Å². The van der Waals surface area contributed by atoms with E-state index in [4.69, 9.17) is 0 Å². The Balaban J connectivity index is 1.89. The molecule has 1 unspecified atom stereocenters. The van der Waals surface area contributed by atoms with Gasteiger partial charge < -0.3 is 0 Å². The van der Waals surface area contributed by atoms with Gasteiger partial charge in [-0.25, -0.2) is 9.97 Å². The van der Waals surface area contributed by atoms with Gasteiger partial charge in [-0.1, -0.05) is 30.7 Å². The minimum atomic E-state index is 0.521. The van der Waals surface area contributed by atoms with Crippen molar-refractivity contribution in [1.82, 2.24) is 15.0 Å². The molecular weight excluding hydrogens is 258 g/mol. The molecule has 1 atom stereocenters. The summed E-state index contributed by atoms with van der Waals surface area (Å²) in [6.07, 6.45) is 16.9. The highest BCUT2D eigenvalue weighted by molar-refractivity contribution is 5.34. The van der Waals surface area contributed by atoms with Crippen LogP contribution in [0.25, 0.3) is 12.2 Å². The molecule has 0 aliphatic heterocycles. The van der Waals surface area contributed by atoms with E-state index < -0.39 is 0 Å². The molecule has 0 saturated carbocycles. The predicted octanol–water partition coefficient (Wildman–Crippen LogP) is 2.03. The van der Waals surface area contributed by atoms with Crippen molar-refractivity contribution < 1.29 is 0 Å². The molecule has 0 N–H and O–H groups in total. The second kappa shape index (κ2) is 6.44. The van der Waals surface area contributed by atoms with Crippen LogP contribution < -0.4 is 10.6 Å². The van der Waals surface area contributed by atoms with E-state index in [1.165, 1.54) is 11.1 Å². The molecular formula is C18H19N3. The summed E-state index contributed by atoms with van der Waals surface area (Å²) >= 11 is 0. The zero-order valence-corrected chi connectivity index (χ0v) is 12.2.